The number of carbonyl (C=O) groups is 4. The molecule has 3 atom stereocenters. The lowest BCUT2D eigenvalue weighted by atomic mass is 10.0. The highest BCUT2D eigenvalue weighted by Crippen LogP contribution is 2.41. The van der Waals surface area contributed by atoms with Gasteiger partial charge in [0.2, 0.25) is 11.8 Å². The van der Waals surface area contributed by atoms with Crippen molar-refractivity contribution in [1.82, 2.24) is 20.4 Å². The number of carboxylic acids is 2. The van der Waals surface area contributed by atoms with Crippen LogP contribution < -0.4 is 5.32 Å². The second-order valence-corrected chi connectivity index (χ2v) is 11.9. The van der Waals surface area contributed by atoms with Crippen molar-refractivity contribution in [2.45, 2.75) is 28.3 Å². The Morgan fingerprint density at radius 1 is 1.31 bits per heavy atom. The molecule has 1 fully saturated rings. The van der Waals surface area contributed by atoms with Crippen LogP contribution in [0.2, 0.25) is 0 Å². The van der Waals surface area contributed by atoms with Gasteiger partial charge in [0.15, 0.2) is 11.7 Å². The highest BCUT2D eigenvalue weighted by atomic mass is 32.2. The maximum absolute atomic E-state index is 12.8. The van der Waals surface area contributed by atoms with Crippen LogP contribution in [0.1, 0.15) is 16.7 Å². The quantitative estimate of drug-likeness (QED) is 0.129. The van der Waals surface area contributed by atoms with Gasteiger partial charge in [0.1, 0.15) is 17.1 Å². The van der Waals surface area contributed by atoms with E-state index in [9.17, 15) is 37.8 Å². The topological polar surface area (TPSA) is 217 Å². The Hall–Kier alpha value is -2.93. The van der Waals surface area contributed by atoms with Crippen molar-refractivity contribution in [3.8, 4) is 0 Å². The number of thiophene rings is 1. The SMILES string of the molecule is O=C(O)C1=C(CSc2nnc(CS(=O)(=O)O)o2)CS[C@H]2C(NC(=O)C(C(=O)O)c3cccs3)C(=O)N12. The summed E-state index contributed by atoms with van der Waals surface area (Å²) in [6.07, 6.45) is 0. The standard InChI is InChI=1S/C18H16N4O10S4/c23-13(10(16(25)26)8-2-1-3-33-8)19-11-14(24)22-12(17(27)28)7(4-34-15(11)22)5-35-18-21-20-9(32-18)6-36(29,30)31/h1-3,10-11,15H,4-6H2,(H,19,23)(H,25,26)(H,27,28)(H,29,30,31)/t10?,11?,15-/m0/s1. The molecule has 2 unspecified atom stereocenters. The molecule has 2 aliphatic heterocycles. The second-order valence-electron chi connectivity index (χ2n) is 7.42. The zero-order valence-electron chi connectivity index (χ0n) is 17.8. The number of fused-ring (bicyclic) bond motifs is 1. The monoisotopic (exact) mass is 576 g/mol. The third kappa shape index (κ3) is 5.41. The summed E-state index contributed by atoms with van der Waals surface area (Å²) in [6, 6.07) is 2.01. The largest absolute Gasteiger partial charge is 0.480 e. The van der Waals surface area contributed by atoms with Gasteiger partial charge in [-0.15, -0.1) is 33.3 Å². The fourth-order valence-electron chi connectivity index (χ4n) is 3.51. The zero-order chi connectivity index (χ0) is 26.2. The minimum Gasteiger partial charge on any atom is -0.480 e. The lowest BCUT2D eigenvalue weighted by Crippen LogP contribution is -2.71. The molecule has 0 bridgehead atoms. The summed E-state index contributed by atoms with van der Waals surface area (Å²) >= 11 is 3.20. The Morgan fingerprint density at radius 2 is 2.06 bits per heavy atom. The fourth-order valence-corrected chi connectivity index (χ4v) is 7.02. The van der Waals surface area contributed by atoms with Crippen LogP contribution in [0.15, 0.2) is 38.4 Å². The van der Waals surface area contributed by atoms with Crippen LogP contribution in [-0.4, -0.2) is 85.0 Å². The Bertz CT molecular complexity index is 1350. The molecule has 36 heavy (non-hydrogen) atoms. The number of carbonyl (C=O) groups excluding carboxylic acids is 2. The zero-order valence-corrected chi connectivity index (χ0v) is 21.0. The molecule has 4 N–H and O–H groups in total. The van der Waals surface area contributed by atoms with Gasteiger partial charge in [0.05, 0.1) is 0 Å². The van der Waals surface area contributed by atoms with Crippen LogP contribution in [-0.2, 0) is 35.0 Å². The van der Waals surface area contributed by atoms with Gasteiger partial charge in [0.25, 0.3) is 21.2 Å². The van der Waals surface area contributed by atoms with E-state index in [1.54, 1.807) is 11.4 Å². The van der Waals surface area contributed by atoms with E-state index in [1.165, 1.54) is 17.8 Å². The number of thioether (sulfide) groups is 2. The number of nitrogens with zero attached hydrogens (tertiary/aromatic N) is 3. The third-order valence-electron chi connectivity index (χ3n) is 5.01. The number of aliphatic carboxylic acids is 2. The van der Waals surface area contributed by atoms with Gasteiger partial charge in [-0.25, -0.2) is 4.79 Å². The fraction of sp³-hybridized carbons (Fsp3) is 0.333. The maximum Gasteiger partial charge on any atom is 0.352 e. The Balaban J connectivity index is 1.45. The van der Waals surface area contributed by atoms with Crippen molar-refractivity contribution in [1.29, 1.82) is 0 Å². The second kappa shape index (κ2) is 10.2. The Kier molecular flexibility index (Phi) is 7.41. The molecule has 2 aromatic rings. The molecule has 0 saturated carbocycles. The van der Waals surface area contributed by atoms with Gasteiger partial charge in [-0.1, -0.05) is 17.8 Å². The van der Waals surface area contributed by atoms with Gasteiger partial charge in [0, 0.05) is 16.4 Å². The minimum atomic E-state index is -4.37. The van der Waals surface area contributed by atoms with Crippen molar-refractivity contribution < 1.29 is 46.8 Å². The van der Waals surface area contributed by atoms with Crippen LogP contribution in [0.25, 0.3) is 0 Å². The van der Waals surface area contributed by atoms with E-state index in [2.05, 4.69) is 15.5 Å². The first kappa shape index (κ1) is 26.1. The Morgan fingerprint density at radius 3 is 2.67 bits per heavy atom. The molecular formula is C18H16N4O10S4. The van der Waals surface area contributed by atoms with E-state index in [4.69, 9.17) is 8.97 Å². The molecule has 4 heterocycles. The number of carboxylic acid groups (broad SMARTS) is 2. The van der Waals surface area contributed by atoms with Gasteiger partial charge in [-0.2, -0.15) is 8.42 Å². The number of hydrogen-bond donors (Lipinski definition) is 4. The van der Waals surface area contributed by atoms with Crippen LogP contribution in [0.5, 0.6) is 0 Å². The van der Waals surface area contributed by atoms with Crippen LogP contribution in [0.3, 0.4) is 0 Å². The molecule has 0 aromatic carbocycles. The van der Waals surface area contributed by atoms with E-state index in [0.717, 1.165) is 28.0 Å². The average Bonchev–Trinajstić information content (AvgIpc) is 3.46. The first-order valence-corrected chi connectivity index (χ1v) is 14.4. The molecule has 0 radical (unpaired) electrons. The number of hydrogen-bond acceptors (Lipinski definition) is 12. The molecule has 2 amide bonds. The molecule has 2 aromatic heterocycles. The van der Waals surface area contributed by atoms with Gasteiger partial charge >= 0.3 is 11.9 Å². The highest BCUT2D eigenvalue weighted by molar-refractivity contribution is 8.01. The molecule has 14 nitrogen and oxygen atoms in total. The first-order valence-electron chi connectivity index (χ1n) is 9.83. The molecule has 1 saturated heterocycles. The summed E-state index contributed by atoms with van der Waals surface area (Å²) in [6.45, 7) is 0. The molecule has 0 spiro atoms. The molecule has 2 aliphatic rings. The highest BCUT2D eigenvalue weighted by Gasteiger charge is 2.54. The predicted octanol–water partition coefficient (Wildman–Crippen LogP) is 0.218. The van der Waals surface area contributed by atoms with Crippen molar-refractivity contribution in [2.75, 3.05) is 11.5 Å². The summed E-state index contributed by atoms with van der Waals surface area (Å²) in [5, 5.41) is 29.6. The third-order valence-corrected chi connectivity index (χ3v) is 8.80. The van der Waals surface area contributed by atoms with Crippen molar-refractivity contribution >= 4 is 68.7 Å². The molecular weight excluding hydrogens is 560 g/mol. The van der Waals surface area contributed by atoms with Crippen LogP contribution in [0, 0.1) is 0 Å². The van der Waals surface area contributed by atoms with Gasteiger partial charge in [-0.05, 0) is 17.0 Å². The molecule has 0 aliphatic carbocycles. The summed E-state index contributed by atoms with van der Waals surface area (Å²) in [5.74, 6) is -6.82. The number of amides is 2. The number of rotatable bonds is 10. The first-order chi connectivity index (χ1) is 17.0. The lowest BCUT2D eigenvalue weighted by Gasteiger charge is -2.49. The summed E-state index contributed by atoms with van der Waals surface area (Å²) < 4.78 is 35.8. The van der Waals surface area contributed by atoms with Gasteiger partial charge < -0.3 is 19.9 Å². The van der Waals surface area contributed by atoms with Crippen LogP contribution >= 0.6 is 34.9 Å². The van der Waals surface area contributed by atoms with Crippen molar-refractivity contribution in [3.63, 3.8) is 0 Å². The maximum atomic E-state index is 12.8. The predicted molar refractivity (Wildman–Crippen MR) is 125 cm³/mol. The summed E-state index contributed by atoms with van der Waals surface area (Å²) in [7, 11) is -4.37. The molecule has 18 heteroatoms. The Labute approximate surface area is 214 Å². The van der Waals surface area contributed by atoms with E-state index in [1.807, 2.05) is 0 Å². The van der Waals surface area contributed by atoms with E-state index in [0.29, 0.717) is 10.5 Å². The number of β-lactam (4-membered cyclic amide) rings is 1. The van der Waals surface area contributed by atoms with Crippen molar-refractivity contribution in [3.05, 3.63) is 39.6 Å². The van der Waals surface area contributed by atoms with Crippen molar-refractivity contribution in [2.24, 2.45) is 0 Å². The van der Waals surface area contributed by atoms with Crippen LogP contribution in [0.4, 0.5) is 0 Å². The summed E-state index contributed by atoms with van der Waals surface area (Å²) in [4.78, 5) is 50.4. The molecule has 4 rings (SSSR count). The normalized spacial score (nSPS) is 20.5. The smallest absolute Gasteiger partial charge is 0.352 e. The number of nitrogens with one attached hydrogen (secondary N) is 1. The lowest BCUT2D eigenvalue weighted by molar-refractivity contribution is -0.152. The average molecular weight is 577 g/mol. The van der Waals surface area contributed by atoms with E-state index < -0.39 is 57.0 Å². The minimum absolute atomic E-state index is 0.0230. The van der Waals surface area contributed by atoms with E-state index >= 15 is 0 Å². The molecule has 192 valence electrons. The summed E-state index contributed by atoms with van der Waals surface area (Å²) in [5.41, 5.74) is 0.0795. The number of aromatic nitrogens is 2. The van der Waals surface area contributed by atoms with E-state index in [-0.39, 0.29) is 28.3 Å². The van der Waals surface area contributed by atoms with Gasteiger partial charge in [-0.3, -0.25) is 23.8 Å².